The van der Waals surface area contributed by atoms with Gasteiger partial charge in [-0.3, -0.25) is 0 Å². The minimum atomic E-state index is -1.54. The smallest absolute Gasteiger partial charge is 0.450 e. The van der Waals surface area contributed by atoms with Crippen LogP contribution in [-0.2, 0) is 18.9 Å². The predicted octanol–water partition coefficient (Wildman–Crippen LogP) is 1.45. The van der Waals surface area contributed by atoms with Crippen LogP contribution in [0.5, 0.6) is 0 Å². The Morgan fingerprint density at radius 3 is 2.11 bits per heavy atom. The molecule has 2 N–H and O–H groups in total. The van der Waals surface area contributed by atoms with Crippen molar-refractivity contribution in [2.24, 2.45) is 0 Å². The summed E-state index contributed by atoms with van der Waals surface area (Å²) in [5, 5.41) is 17.1. The van der Waals surface area contributed by atoms with Gasteiger partial charge in [0.05, 0.1) is 7.11 Å². The van der Waals surface area contributed by atoms with Crippen molar-refractivity contribution in [3.63, 3.8) is 0 Å². The zero-order chi connectivity index (χ0) is 14.4. The molecule has 1 fully saturated rings. The first-order chi connectivity index (χ1) is 8.92. The molecule has 1 rings (SSSR count). The van der Waals surface area contributed by atoms with E-state index in [1.807, 2.05) is 0 Å². The Kier molecular flexibility index (Phi) is 5.22. The van der Waals surface area contributed by atoms with E-state index in [0.717, 1.165) is 7.11 Å². The van der Waals surface area contributed by atoms with Crippen LogP contribution < -0.4 is 0 Å². The fraction of sp³-hybridized carbons (Fsp3) is 0.700. The van der Waals surface area contributed by atoms with Crippen molar-refractivity contribution < 1.29 is 43.5 Å². The second kappa shape index (κ2) is 6.66. The maximum atomic E-state index is 11.0. The number of carboxylic acid groups (broad SMARTS) is 2. The van der Waals surface area contributed by atoms with Gasteiger partial charge in [-0.25, -0.2) is 14.4 Å². The van der Waals surface area contributed by atoms with Crippen molar-refractivity contribution in [3.05, 3.63) is 0 Å². The molecular formula is C10H14O9. The van der Waals surface area contributed by atoms with E-state index >= 15 is 0 Å². The van der Waals surface area contributed by atoms with Crippen LogP contribution in [0.4, 0.5) is 14.4 Å². The maximum Gasteiger partial charge on any atom is 0.508 e. The lowest BCUT2D eigenvalue weighted by Gasteiger charge is -2.33. The van der Waals surface area contributed by atoms with Crippen LogP contribution >= 0.6 is 0 Å². The summed E-state index contributed by atoms with van der Waals surface area (Å²) >= 11 is 0. The molecule has 3 atom stereocenters. The third-order valence-corrected chi connectivity index (χ3v) is 2.62. The Morgan fingerprint density at radius 1 is 0.947 bits per heavy atom. The molecule has 9 nitrogen and oxygen atoms in total. The van der Waals surface area contributed by atoms with E-state index in [9.17, 15) is 14.4 Å². The lowest BCUT2D eigenvalue weighted by molar-refractivity contribution is -0.0896. The fourth-order valence-corrected chi connectivity index (χ4v) is 1.87. The molecule has 19 heavy (non-hydrogen) atoms. The van der Waals surface area contributed by atoms with Gasteiger partial charge in [-0.2, -0.15) is 0 Å². The van der Waals surface area contributed by atoms with Crippen molar-refractivity contribution in [2.75, 3.05) is 7.11 Å². The van der Waals surface area contributed by atoms with Crippen LogP contribution in [-0.4, -0.2) is 54.1 Å². The Labute approximate surface area is 108 Å². The first kappa shape index (κ1) is 14.9. The van der Waals surface area contributed by atoms with Gasteiger partial charge in [-0.15, -0.1) is 0 Å². The fourth-order valence-electron chi connectivity index (χ4n) is 1.87. The summed E-state index contributed by atoms with van der Waals surface area (Å²) in [6.45, 7) is 0. The van der Waals surface area contributed by atoms with Gasteiger partial charge in [0.25, 0.3) is 0 Å². The number of rotatable bonds is 3. The molecule has 0 bridgehead atoms. The van der Waals surface area contributed by atoms with Crippen molar-refractivity contribution >= 4 is 18.5 Å². The summed E-state index contributed by atoms with van der Waals surface area (Å²) in [7, 11) is 1.12. The third-order valence-electron chi connectivity index (χ3n) is 2.62. The largest absolute Gasteiger partial charge is 0.508 e. The van der Waals surface area contributed by atoms with Crippen LogP contribution in [0, 0.1) is 0 Å². The van der Waals surface area contributed by atoms with Crippen LogP contribution in [0.1, 0.15) is 19.3 Å². The molecule has 0 spiro atoms. The van der Waals surface area contributed by atoms with Gasteiger partial charge in [0.2, 0.25) is 0 Å². The minimum Gasteiger partial charge on any atom is -0.450 e. The van der Waals surface area contributed by atoms with E-state index in [-0.39, 0.29) is 12.8 Å². The van der Waals surface area contributed by atoms with Crippen molar-refractivity contribution in [2.45, 2.75) is 37.6 Å². The molecule has 9 heteroatoms. The average molecular weight is 278 g/mol. The number of methoxy groups -OCH3 is 1. The molecule has 0 radical (unpaired) electrons. The number of hydrogen-bond donors (Lipinski definition) is 2. The summed E-state index contributed by atoms with van der Waals surface area (Å²) in [4.78, 5) is 32.0. The van der Waals surface area contributed by atoms with E-state index < -0.39 is 36.8 Å². The van der Waals surface area contributed by atoms with Gasteiger partial charge in [0.15, 0.2) is 0 Å². The lowest BCUT2D eigenvalue weighted by Crippen LogP contribution is -2.43. The van der Waals surface area contributed by atoms with Gasteiger partial charge in [0, 0.05) is 6.42 Å². The van der Waals surface area contributed by atoms with Crippen LogP contribution in [0.15, 0.2) is 0 Å². The zero-order valence-corrected chi connectivity index (χ0v) is 10.1. The number of carbonyl (C=O) groups is 3. The highest BCUT2D eigenvalue weighted by atomic mass is 16.7. The molecule has 0 saturated heterocycles. The Morgan fingerprint density at radius 2 is 1.58 bits per heavy atom. The molecule has 3 unspecified atom stereocenters. The van der Waals surface area contributed by atoms with Gasteiger partial charge in [-0.1, -0.05) is 0 Å². The summed E-state index contributed by atoms with van der Waals surface area (Å²) in [5.74, 6) is 0. The first-order valence-corrected chi connectivity index (χ1v) is 5.46. The maximum absolute atomic E-state index is 11.0. The molecule has 108 valence electrons. The highest BCUT2D eigenvalue weighted by Gasteiger charge is 2.37. The van der Waals surface area contributed by atoms with E-state index in [1.165, 1.54) is 0 Å². The van der Waals surface area contributed by atoms with Gasteiger partial charge in [-0.05, 0) is 12.8 Å². The third kappa shape index (κ3) is 4.90. The molecule has 0 heterocycles. The van der Waals surface area contributed by atoms with Crippen LogP contribution in [0.2, 0.25) is 0 Å². The molecule has 1 aliphatic carbocycles. The second-order valence-electron chi connectivity index (χ2n) is 3.85. The van der Waals surface area contributed by atoms with E-state index in [4.69, 9.17) is 14.9 Å². The zero-order valence-electron chi connectivity index (χ0n) is 10.1. The Balaban J connectivity index is 2.63. The summed E-state index contributed by atoms with van der Waals surface area (Å²) in [6, 6.07) is 0. The summed E-state index contributed by atoms with van der Waals surface area (Å²) < 4.78 is 18.3. The van der Waals surface area contributed by atoms with Crippen LogP contribution in [0.25, 0.3) is 0 Å². The summed E-state index contributed by atoms with van der Waals surface area (Å²) in [6.07, 6.45) is -5.96. The molecule has 0 aromatic carbocycles. The molecular weight excluding hydrogens is 264 g/mol. The van der Waals surface area contributed by atoms with Crippen molar-refractivity contribution in [1.82, 2.24) is 0 Å². The van der Waals surface area contributed by atoms with E-state index in [0.29, 0.717) is 6.42 Å². The molecule has 0 aromatic rings. The molecule has 1 saturated carbocycles. The van der Waals surface area contributed by atoms with Gasteiger partial charge < -0.3 is 29.2 Å². The van der Waals surface area contributed by atoms with Gasteiger partial charge >= 0.3 is 18.5 Å². The van der Waals surface area contributed by atoms with E-state index in [2.05, 4.69) is 14.2 Å². The first-order valence-electron chi connectivity index (χ1n) is 5.46. The number of carbonyl (C=O) groups excluding carboxylic acids is 1. The topological polar surface area (TPSA) is 129 Å². The highest BCUT2D eigenvalue weighted by Crippen LogP contribution is 2.27. The monoisotopic (exact) mass is 278 g/mol. The molecule has 0 amide bonds. The minimum absolute atomic E-state index is 0.0136. The predicted molar refractivity (Wildman–Crippen MR) is 56.9 cm³/mol. The van der Waals surface area contributed by atoms with Crippen molar-refractivity contribution in [3.8, 4) is 0 Å². The normalized spacial score (nSPS) is 26.1. The standard InChI is InChI=1S/C10H14O9/c1-16-10(15)19-6-3-2-5(17-8(11)12)4-7(6)18-9(13)14/h5-7H,2-4H2,1H3,(H,11,12)(H,13,14). The number of ether oxygens (including phenoxy) is 4. The number of hydrogen-bond acceptors (Lipinski definition) is 7. The molecule has 1 aliphatic rings. The molecule has 0 aromatic heterocycles. The summed E-state index contributed by atoms with van der Waals surface area (Å²) in [5.41, 5.74) is 0. The second-order valence-corrected chi connectivity index (χ2v) is 3.85. The van der Waals surface area contributed by atoms with Crippen LogP contribution in [0.3, 0.4) is 0 Å². The van der Waals surface area contributed by atoms with Gasteiger partial charge in [0.1, 0.15) is 18.3 Å². The Hall–Kier alpha value is -2.19. The quantitative estimate of drug-likeness (QED) is 0.581. The Bertz CT molecular complexity index is 353. The lowest BCUT2D eigenvalue weighted by atomic mass is 9.92. The SMILES string of the molecule is COC(=O)OC1CCC(OC(=O)O)CC1OC(=O)O. The van der Waals surface area contributed by atoms with E-state index in [1.54, 1.807) is 0 Å². The highest BCUT2D eigenvalue weighted by molar-refractivity contribution is 5.60. The average Bonchev–Trinajstić information content (AvgIpc) is 2.30. The molecule has 0 aliphatic heterocycles. The van der Waals surface area contributed by atoms with Crippen molar-refractivity contribution in [1.29, 1.82) is 0 Å².